The topological polar surface area (TPSA) is 48.1 Å². The van der Waals surface area contributed by atoms with Gasteiger partial charge in [-0.05, 0) is 24.5 Å². The molecule has 1 aliphatic heterocycles. The van der Waals surface area contributed by atoms with E-state index in [-0.39, 0.29) is 0 Å². The summed E-state index contributed by atoms with van der Waals surface area (Å²) in [5.41, 5.74) is 2.78. The third-order valence-electron chi connectivity index (χ3n) is 5.61. The van der Waals surface area contributed by atoms with E-state index in [0.717, 1.165) is 43.0 Å². The molecule has 2 aliphatic rings. The molecule has 128 valence electrons. The smallest absolute Gasteiger partial charge is 0.142 e. The Morgan fingerprint density at radius 1 is 1.00 bits per heavy atom. The van der Waals surface area contributed by atoms with Gasteiger partial charge in [-0.15, -0.1) is 0 Å². The summed E-state index contributed by atoms with van der Waals surface area (Å²) in [5, 5.41) is 1.13. The third-order valence-corrected chi connectivity index (χ3v) is 5.61. The van der Waals surface area contributed by atoms with Crippen molar-refractivity contribution < 1.29 is 0 Å². The Hall–Kier alpha value is -2.40. The maximum Gasteiger partial charge on any atom is 0.142 e. The second kappa shape index (κ2) is 5.85. The van der Waals surface area contributed by atoms with Gasteiger partial charge in [0, 0.05) is 44.3 Å². The summed E-state index contributed by atoms with van der Waals surface area (Å²) < 4.78 is 0. The Kier molecular flexibility index (Phi) is 3.48. The average molecular weight is 333 g/mol. The number of aromatic amines is 1. The van der Waals surface area contributed by atoms with E-state index in [4.69, 9.17) is 0 Å². The van der Waals surface area contributed by atoms with Crippen LogP contribution in [0.3, 0.4) is 0 Å². The van der Waals surface area contributed by atoms with Crippen LogP contribution < -0.4 is 4.90 Å². The van der Waals surface area contributed by atoms with Crippen LogP contribution in [-0.4, -0.2) is 46.0 Å². The van der Waals surface area contributed by atoms with Crippen molar-refractivity contribution in [1.29, 1.82) is 0 Å². The second-order valence-electron chi connectivity index (χ2n) is 7.56. The molecule has 0 amide bonds. The first-order valence-electron chi connectivity index (χ1n) is 9.11. The van der Waals surface area contributed by atoms with Gasteiger partial charge in [0.15, 0.2) is 0 Å². The number of fused-ring (bicyclic) bond motifs is 1. The van der Waals surface area contributed by atoms with E-state index in [9.17, 15) is 0 Å². The number of nitrogens with one attached hydrogen (secondary N) is 1. The van der Waals surface area contributed by atoms with Crippen LogP contribution in [0, 0.1) is 5.41 Å². The fourth-order valence-electron chi connectivity index (χ4n) is 4.11. The summed E-state index contributed by atoms with van der Waals surface area (Å²) in [7, 11) is 0. The minimum atomic E-state index is 0.443. The third kappa shape index (κ3) is 2.89. The molecule has 0 radical (unpaired) electrons. The highest BCUT2D eigenvalue weighted by Crippen LogP contribution is 2.48. The fourth-order valence-corrected chi connectivity index (χ4v) is 4.11. The van der Waals surface area contributed by atoms with Crippen molar-refractivity contribution in [2.24, 2.45) is 5.41 Å². The molecule has 1 saturated carbocycles. The van der Waals surface area contributed by atoms with Gasteiger partial charge in [0.2, 0.25) is 0 Å². The first-order valence-corrected chi connectivity index (χ1v) is 9.11. The van der Waals surface area contributed by atoms with Gasteiger partial charge in [-0.1, -0.05) is 30.3 Å². The zero-order valence-corrected chi connectivity index (χ0v) is 14.4. The molecule has 5 heteroatoms. The molecule has 0 unspecified atom stereocenters. The number of anilines is 1. The van der Waals surface area contributed by atoms with E-state index in [1.807, 2.05) is 6.20 Å². The molecule has 1 N–H and O–H groups in total. The predicted octanol–water partition coefficient (Wildman–Crippen LogP) is 3.06. The molecule has 2 aromatic heterocycles. The van der Waals surface area contributed by atoms with Crippen LogP contribution in [0.2, 0.25) is 0 Å². The number of hydrogen-bond acceptors (Lipinski definition) is 4. The van der Waals surface area contributed by atoms with Crippen LogP contribution in [0.5, 0.6) is 0 Å². The molecule has 5 nitrogen and oxygen atoms in total. The van der Waals surface area contributed by atoms with Gasteiger partial charge < -0.3 is 9.88 Å². The van der Waals surface area contributed by atoms with Gasteiger partial charge >= 0.3 is 0 Å². The molecule has 1 spiro atoms. The van der Waals surface area contributed by atoms with Crippen LogP contribution in [0.1, 0.15) is 18.4 Å². The predicted molar refractivity (Wildman–Crippen MR) is 99.5 cm³/mol. The number of benzene rings is 1. The molecule has 25 heavy (non-hydrogen) atoms. The maximum absolute atomic E-state index is 4.62. The first kappa shape index (κ1) is 14.9. The number of nitrogens with zero attached hydrogens (tertiary/aromatic N) is 4. The van der Waals surface area contributed by atoms with Crippen molar-refractivity contribution in [1.82, 2.24) is 19.9 Å². The van der Waals surface area contributed by atoms with Gasteiger partial charge in [-0.25, -0.2) is 9.97 Å². The highest BCUT2D eigenvalue weighted by Gasteiger charge is 2.46. The number of rotatable bonds is 3. The Morgan fingerprint density at radius 3 is 2.72 bits per heavy atom. The van der Waals surface area contributed by atoms with E-state index >= 15 is 0 Å². The largest absolute Gasteiger partial charge is 0.354 e. The van der Waals surface area contributed by atoms with Gasteiger partial charge in [-0.2, -0.15) is 0 Å². The average Bonchev–Trinajstić information content (AvgIpc) is 3.26. The summed E-state index contributed by atoms with van der Waals surface area (Å²) in [4.78, 5) is 17.3. The molecule has 0 atom stereocenters. The minimum Gasteiger partial charge on any atom is -0.354 e. The Morgan fingerprint density at radius 2 is 1.88 bits per heavy atom. The van der Waals surface area contributed by atoms with Crippen molar-refractivity contribution in [3.63, 3.8) is 0 Å². The van der Waals surface area contributed by atoms with Crippen LogP contribution in [-0.2, 0) is 6.54 Å². The molecular formula is C20H23N5. The molecule has 2 fully saturated rings. The lowest BCUT2D eigenvalue weighted by Gasteiger charge is -2.25. The Balaban J connectivity index is 1.40. The summed E-state index contributed by atoms with van der Waals surface area (Å²) in [5.74, 6) is 1.08. The monoisotopic (exact) mass is 333 g/mol. The molecular weight excluding hydrogens is 310 g/mol. The highest BCUT2D eigenvalue weighted by molar-refractivity contribution is 5.87. The molecule has 1 aromatic carbocycles. The van der Waals surface area contributed by atoms with Crippen molar-refractivity contribution in [3.05, 3.63) is 54.5 Å². The van der Waals surface area contributed by atoms with E-state index in [1.165, 1.54) is 24.9 Å². The lowest BCUT2D eigenvalue weighted by molar-refractivity contribution is 0.240. The lowest BCUT2D eigenvalue weighted by Crippen LogP contribution is -2.31. The van der Waals surface area contributed by atoms with Gasteiger partial charge in [0.05, 0.1) is 5.39 Å². The maximum atomic E-state index is 4.62. The van der Waals surface area contributed by atoms with Crippen LogP contribution in [0.25, 0.3) is 11.0 Å². The normalized spacial score (nSPS) is 20.1. The number of H-pyrrole nitrogens is 1. The Labute approximate surface area is 147 Å². The standard InChI is InChI=1S/C20H23N5/c1-2-4-16(5-3-1)12-24-10-11-25(14-20(13-24)7-8-20)19-17-6-9-21-18(17)22-15-23-19/h1-6,9,15H,7-8,10-14H2,(H,21,22,23). The van der Waals surface area contributed by atoms with Gasteiger partial charge in [-0.3, -0.25) is 4.90 Å². The molecule has 0 bridgehead atoms. The van der Waals surface area contributed by atoms with E-state index in [0.29, 0.717) is 5.41 Å². The van der Waals surface area contributed by atoms with Crippen LogP contribution >= 0.6 is 0 Å². The van der Waals surface area contributed by atoms with Gasteiger partial charge in [0.1, 0.15) is 17.8 Å². The van der Waals surface area contributed by atoms with Crippen molar-refractivity contribution in [2.45, 2.75) is 19.4 Å². The highest BCUT2D eigenvalue weighted by atomic mass is 15.3. The van der Waals surface area contributed by atoms with E-state index < -0.39 is 0 Å². The zero-order valence-electron chi connectivity index (χ0n) is 14.4. The van der Waals surface area contributed by atoms with E-state index in [1.54, 1.807) is 6.33 Å². The minimum absolute atomic E-state index is 0.443. The van der Waals surface area contributed by atoms with Crippen molar-refractivity contribution >= 4 is 16.9 Å². The Bertz CT molecular complexity index is 868. The number of hydrogen-bond donors (Lipinski definition) is 1. The summed E-state index contributed by atoms with van der Waals surface area (Å²) in [6, 6.07) is 12.9. The quantitative estimate of drug-likeness (QED) is 0.800. The molecule has 3 aromatic rings. The molecule has 5 rings (SSSR count). The van der Waals surface area contributed by atoms with Gasteiger partial charge in [0.25, 0.3) is 0 Å². The summed E-state index contributed by atoms with van der Waals surface area (Å²) >= 11 is 0. The first-order chi connectivity index (χ1) is 12.3. The zero-order chi connectivity index (χ0) is 16.7. The van der Waals surface area contributed by atoms with Crippen molar-refractivity contribution in [2.75, 3.05) is 31.1 Å². The fraction of sp³-hybridized carbons (Fsp3) is 0.400. The lowest BCUT2D eigenvalue weighted by atomic mass is 10.1. The van der Waals surface area contributed by atoms with Crippen molar-refractivity contribution in [3.8, 4) is 0 Å². The van der Waals surface area contributed by atoms with Crippen LogP contribution in [0.15, 0.2) is 48.9 Å². The second-order valence-corrected chi connectivity index (χ2v) is 7.56. The van der Waals surface area contributed by atoms with Crippen LogP contribution in [0.4, 0.5) is 5.82 Å². The van der Waals surface area contributed by atoms with E-state index in [2.05, 4.69) is 61.1 Å². The molecule has 1 aliphatic carbocycles. The summed E-state index contributed by atoms with van der Waals surface area (Å²) in [6.45, 7) is 5.44. The SMILES string of the molecule is c1ccc(CN2CCN(c3ncnc4[nH]ccc34)CC3(CC3)C2)cc1. The molecule has 3 heterocycles. The number of aromatic nitrogens is 3. The molecule has 1 saturated heterocycles. The summed E-state index contributed by atoms with van der Waals surface area (Å²) in [6.07, 6.45) is 6.29.